The van der Waals surface area contributed by atoms with E-state index in [2.05, 4.69) is 9.80 Å². The minimum absolute atomic E-state index is 0.0717. The number of para-hydroxylation sites is 1. The van der Waals surface area contributed by atoms with Gasteiger partial charge in [-0.05, 0) is 55.5 Å². The molecule has 3 aliphatic rings. The summed E-state index contributed by atoms with van der Waals surface area (Å²) in [4.78, 5) is 17.8. The second-order valence-electron chi connectivity index (χ2n) is 7.80. The SMILES string of the molecule is CCOc1ccccc1C(=O)N1C[C@H]2CC[C@@H]1CN(Cc1ccc(F)cc1)C2. The molecule has 0 saturated carbocycles. The molecule has 3 fully saturated rings. The normalized spacial score (nSPS) is 22.1. The van der Waals surface area contributed by atoms with E-state index in [1.807, 2.05) is 43.3 Å². The topological polar surface area (TPSA) is 32.8 Å². The predicted molar refractivity (Wildman–Crippen MR) is 107 cm³/mol. The van der Waals surface area contributed by atoms with Crippen LogP contribution in [-0.2, 0) is 6.54 Å². The van der Waals surface area contributed by atoms with Gasteiger partial charge in [0.25, 0.3) is 5.91 Å². The van der Waals surface area contributed by atoms with Gasteiger partial charge in [-0.25, -0.2) is 4.39 Å². The third-order valence-electron chi connectivity index (χ3n) is 5.79. The molecule has 148 valence electrons. The van der Waals surface area contributed by atoms with Crippen LogP contribution in [0, 0.1) is 11.7 Å². The fourth-order valence-electron chi connectivity index (χ4n) is 4.48. The summed E-state index contributed by atoms with van der Waals surface area (Å²) < 4.78 is 18.9. The number of carbonyl (C=O) groups is 1. The number of ether oxygens (including phenoxy) is 1. The van der Waals surface area contributed by atoms with Gasteiger partial charge in [0.2, 0.25) is 0 Å². The van der Waals surface area contributed by atoms with Crippen LogP contribution in [-0.4, -0.2) is 48.0 Å². The van der Waals surface area contributed by atoms with Crippen molar-refractivity contribution in [3.05, 3.63) is 65.5 Å². The highest BCUT2D eigenvalue weighted by Crippen LogP contribution is 2.31. The number of amides is 1. The number of benzene rings is 2. The van der Waals surface area contributed by atoms with Crippen LogP contribution in [0.25, 0.3) is 0 Å². The van der Waals surface area contributed by atoms with Gasteiger partial charge >= 0.3 is 0 Å². The average Bonchev–Trinajstić information content (AvgIpc) is 3.00. The van der Waals surface area contributed by atoms with Gasteiger partial charge in [0.15, 0.2) is 0 Å². The van der Waals surface area contributed by atoms with E-state index in [1.54, 1.807) is 0 Å². The van der Waals surface area contributed by atoms with Gasteiger partial charge in [-0.15, -0.1) is 0 Å². The van der Waals surface area contributed by atoms with Crippen LogP contribution >= 0.6 is 0 Å². The zero-order chi connectivity index (χ0) is 19.5. The van der Waals surface area contributed by atoms with Crippen molar-refractivity contribution in [2.45, 2.75) is 32.4 Å². The Bertz CT molecular complexity index is 824. The van der Waals surface area contributed by atoms with Crippen LogP contribution < -0.4 is 4.74 Å². The second kappa shape index (κ2) is 8.31. The number of halogens is 1. The molecule has 2 bridgehead atoms. The maximum atomic E-state index is 13.3. The lowest BCUT2D eigenvalue weighted by Gasteiger charge is -2.36. The van der Waals surface area contributed by atoms with Gasteiger partial charge in [-0.2, -0.15) is 0 Å². The van der Waals surface area contributed by atoms with E-state index in [1.165, 1.54) is 12.1 Å². The monoisotopic (exact) mass is 382 g/mol. The van der Waals surface area contributed by atoms with Crippen LogP contribution in [0.2, 0.25) is 0 Å². The van der Waals surface area contributed by atoms with Crippen LogP contribution in [0.1, 0.15) is 35.7 Å². The van der Waals surface area contributed by atoms with Crippen LogP contribution in [0.3, 0.4) is 0 Å². The lowest BCUT2D eigenvalue weighted by molar-refractivity contribution is 0.0581. The fraction of sp³-hybridized carbons (Fsp3) is 0.435. The zero-order valence-electron chi connectivity index (χ0n) is 16.3. The Morgan fingerprint density at radius 3 is 2.64 bits per heavy atom. The summed E-state index contributed by atoms with van der Waals surface area (Å²) in [5, 5.41) is 0. The van der Waals surface area contributed by atoms with Crippen LogP contribution in [0.4, 0.5) is 4.39 Å². The zero-order valence-corrected chi connectivity index (χ0v) is 16.3. The summed E-state index contributed by atoms with van der Waals surface area (Å²) in [6.45, 7) is 5.90. The first-order valence-corrected chi connectivity index (χ1v) is 10.1. The van der Waals surface area contributed by atoms with E-state index in [-0.39, 0.29) is 17.8 Å². The molecule has 2 atom stereocenters. The van der Waals surface area contributed by atoms with Crippen molar-refractivity contribution in [1.29, 1.82) is 0 Å². The molecule has 28 heavy (non-hydrogen) atoms. The van der Waals surface area contributed by atoms with Crippen molar-refractivity contribution >= 4 is 5.91 Å². The maximum absolute atomic E-state index is 13.3. The molecule has 2 aromatic carbocycles. The summed E-state index contributed by atoms with van der Waals surface area (Å²) in [7, 11) is 0. The summed E-state index contributed by atoms with van der Waals surface area (Å²) in [6, 6.07) is 14.5. The summed E-state index contributed by atoms with van der Waals surface area (Å²) in [5.41, 5.74) is 1.77. The van der Waals surface area contributed by atoms with Crippen molar-refractivity contribution in [1.82, 2.24) is 9.80 Å². The lowest BCUT2D eigenvalue weighted by Crippen LogP contribution is -2.47. The van der Waals surface area contributed by atoms with E-state index in [0.29, 0.717) is 23.8 Å². The summed E-state index contributed by atoms with van der Waals surface area (Å²) in [6.07, 6.45) is 2.19. The Hall–Kier alpha value is -2.40. The van der Waals surface area contributed by atoms with Gasteiger partial charge in [0.05, 0.1) is 12.2 Å². The highest BCUT2D eigenvalue weighted by atomic mass is 19.1. The van der Waals surface area contributed by atoms with Crippen molar-refractivity contribution in [2.75, 3.05) is 26.2 Å². The molecule has 0 spiro atoms. The van der Waals surface area contributed by atoms with E-state index in [4.69, 9.17) is 4.74 Å². The molecular formula is C23H27FN2O2. The molecule has 1 amide bonds. The smallest absolute Gasteiger partial charge is 0.257 e. The molecule has 0 aromatic heterocycles. The Balaban J connectivity index is 1.50. The molecule has 3 saturated heterocycles. The first-order chi connectivity index (χ1) is 13.6. The van der Waals surface area contributed by atoms with E-state index in [9.17, 15) is 9.18 Å². The Kier molecular flexibility index (Phi) is 5.62. The minimum Gasteiger partial charge on any atom is -0.493 e. The summed E-state index contributed by atoms with van der Waals surface area (Å²) in [5.74, 6) is 1.01. The van der Waals surface area contributed by atoms with E-state index < -0.39 is 0 Å². The second-order valence-corrected chi connectivity index (χ2v) is 7.80. The summed E-state index contributed by atoms with van der Waals surface area (Å²) >= 11 is 0. The van der Waals surface area contributed by atoms with Crippen LogP contribution in [0.15, 0.2) is 48.5 Å². The molecule has 0 N–H and O–H groups in total. The molecule has 4 nitrogen and oxygen atoms in total. The van der Waals surface area contributed by atoms with Crippen molar-refractivity contribution in [2.24, 2.45) is 5.92 Å². The van der Waals surface area contributed by atoms with Gasteiger partial charge in [0.1, 0.15) is 11.6 Å². The molecule has 3 aliphatic heterocycles. The van der Waals surface area contributed by atoms with Gasteiger partial charge in [-0.3, -0.25) is 9.69 Å². The molecule has 0 aliphatic carbocycles. The van der Waals surface area contributed by atoms with E-state index >= 15 is 0 Å². The average molecular weight is 382 g/mol. The van der Waals surface area contributed by atoms with Crippen molar-refractivity contribution < 1.29 is 13.9 Å². The molecular weight excluding hydrogens is 355 g/mol. The maximum Gasteiger partial charge on any atom is 0.257 e. The fourth-order valence-corrected chi connectivity index (χ4v) is 4.48. The Labute approximate surface area is 165 Å². The van der Waals surface area contributed by atoms with E-state index in [0.717, 1.165) is 44.6 Å². The van der Waals surface area contributed by atoms with Gasteiger partial charge in [-0.1, -0.05) is 24.3 Å². The van der Waals surface area contributed by atoms with Crippen molar-refractivity contribution in [3.8, 4) is 5.75 Å². The molecule has 3 heterocycles. The number of hydrogen-bond donors (Lipinski definition) is 0. The third-order valence-corrected chi connectivity index (χ3v) is 5.79. The standard InChI is InChI=1S/C23H27FN2O2/c1-2-28-22-6-4-3-5-21(22)23(27)26-15-18-9-12-20(26)16-25(14-18)13-17-7-10-19(24)11-8-17/h3-8,10-11,18,20H,2,9,12-16H2,1H3/t18-,20+/m0/s1. The van der Waals surface area contributed by atoms with Gasteiger partial charge in [0, 0.05) is 32.2 Å². The largest absolute Gasteiger partial charge is 0.493 e. The number of carbonyl (C=O) groups excluding carboxylic acids is 1. The Morgan fingerprint density at radius 2 is 1.86 bits per heavy atom. The van der Waals surface area contributed by atoms with Crippen LogP contribution in [0.5, 0.6) is 5.75 Å². The predicted octanol–water partition coefficient (Wildman–Crippen LogP) is 3.96. The molecule has 0 radical (unpaired) electrons. The number of nitrogens with zero attached hydrogens (tertiary/aromatic N) is 2. The highest BCUT2D eigenvalue weighted by molar-refractivity contribution is 5.97. The lowest BCUT2D eigenvalue weighted by atomic mass is 9.94. The number of rotatable bonds is 5. The highest BCUT2D eigenvalue weighted by Gasteiger charge is 2.38. The molecule has 2 aromatic rings. The number of piperidine rings is 1. The number of hydrogen-bond acceptors (Lipinski definition) is 3. The molecule has 5 rings (SSSR count). The first-order valence-electron chi connectivity index (χ1n) is 10.1. The first kappa shape index (κ1) is 18.9. The van der Waals surface area contributed by atoms with Gasteiger partial charge < -0.3 is 9.64 Å². The number of fused-ring (bicyclic) bond motifs is 4. The minimum atomic E-state index is -0.204. The molecule has 5 heteroatoms. The quantitative estimate of drug-likeness (QED) is 0.785. The Morgan fingerprint density at radius 1 is 1.07 bits per heavy atom. The third kappa shape index (κ3) is 4.04. The van der Waals surface area contributed by atoms with Crippen molar-refractivity contribution in [3.63, 3.8) is 0 Å². The molecule has 0 unspecified atom stereocenters.